The normalized spacial score (nSPS) is 13.9. The second-order valence-electron chi connectivity index (χ2n) is 6.19. The largest absolute Gasteiger partial charge is 0.462 e. The van der Waals surface area contributed by atoms with Crippen LogP contribution in [0, 0.1) is 0 Å². The number of para-hydroxylation sites is 1. The number of ether oxygens (including phenoxy) is 1. The number of carbonyl (C=O) groups excluding carboxylic acids is 3. The summed E-state index contributed by atoms with van der Waals surface area (Å²) in [5, 5.41) is -0.150. The number of imide groups is 1. The van der Waals surface area contributed by atoms with E-state index >= 15 is 0 Å². The third kappa shape index (κ3) is 3.64. The minimum absolute atomic E-state index is 0.101. The van der Waals surface area contributed by atoms with Crippen molar-refractivity contribution < 1.29 is 19.1 Å². The Morgan fingerprint density at radius 1 is 1.04 bits per heavy atom. The lowest BCUT2D eigenvalue weighted by atomic mass is 10.2. The fourth-order valence-electron chi connectivity index (χ4n) is 2.82. The van der Waals surface area contributed by atoms with Crippen molar-refractivity contribution in [1.29, 1.82) is 0 Å². The fourth-order valence-corrected chi connectivity index (χ4v) is 3.11. The molecule has 0 atom stereocenters. The summed E-state index contributed by atoms with van der Waals surface area (Å²) >= 11 is 6.20. The first kappa shape index (κ1) is 19.6. The number of hydrogen-bond donors (Lipinski definition) is 0. The molecular weight excluding hydrogens is 380 g/mol. The molecule has 0 saturated heterocycles. The molecule has 1 aliphatic heterocycles. The summed E-state index contributed by atoms with van der Waals surface area (Å²) in [5.41, 5.74) is 1.51. The van der Waals surface area contributed by atoms with Gasteiger partial charge in [-0.2, -0.15) is 0 Å². The predicted molar refractivity (Wildman–Crippen MR) is 107 cm³/mol. The van der Waals surface area contributed by atoms with Crippen LogP contribution < -0.4 is 9.80 Å². The van der Waals surface area contributed by atoms with Gasteiger partial charge in [-0.25, -0.2) is 9.69 Å². The van der Waals surface area contributed by atoms with Gasteiger partial charge in [0.15, 0.2) is 0 Å². The lowest BCUT2D eigenvalue weighted by Gasteiger charge is -2.21. The van der Waals surface area contributed by atoms with Crippen molar-refractivity contribution in [3.8, 4) is 0 Å². The van der Waals surface area contributed by atoms with Crippen molar-refractivity contribution in [3.05, 3.63) is 70.9 Å². The Balaban J connectivity index is 1.84. The van der Waals surface area contributed by atoms with E-state index in [1.54, 1.807) is 11.9 Å². The van der Waals surface area contributed by atoms with E-state index < -0.39 is 17.8 Å². The standard InChI is InChI=1S/C21H19ClN2O4/c1-3-13-28-21(27)14-9-11-16(12-10-14)24-19(25)17(22)18(20(24)26)23(2)15-7-5-4-6-8-15/h4-12H,3,13H2,1-2H3. The first-order valence-corrected chi connectivity index (χ1v) is 9.18. The fraction of sp³-hybridized carbons (Fsp3) is 0.190. The highest BCUT2D eigenvalue weighted by molar-refractivity contribution is 6.53. The highest BCUT2D eigenvalue weighted by atomic mass is 35.5. The second kappa shape index (κ2) is 8.27. The number of carbonyl (C=O) groups is 3. The first-order chi connectivity index (χ1) is 13.5. The maximum atomic E-state index is 12.9. The van der Waals surface area contributed by atoms with Gasteiger partial charge in [-0.05, 0) is 42.8 Å². The molecule has 2 amide bonds. The minimum Gasteiger partial charge on any atom is -0.462 e. The summed E-state index contributed by atoms with van der Waals surface area (Å²) in [6, 6.07) is 15.2. The quantitative estimate of drug-likeness (QED) is 0.548. The number of esters is 1. The Bertz CT molecular complexity index is 939. The topological polar surface area (TPSA) is 66.9 Å². The lowest BCUT2D eigenvalue weighted by molar-refractivity contribution is -0.120. The lowest BCUT2D eigenvalue weighted by Crippen LogP contribution is -2.34. The van der Waals surface area contributed by atoms with Crippen LogP contribution in [-0.4, -0.2) is 31.4 Å². The molecule has 0 aliphatic carbocycles. The third-order valence-electron chi connectivity index (χ3n) is 4.28. The molecule has 0 spiro atoms. The molecule has 2 aromatic rings. The minimum atomic E-state index is -0.606. The summed E-state index contributed by atoms with van der Waals surface area (Å²) in [7, 11) is 1.68. The van der Waals surface area contributed by atoms with Gasteiger partial charge in [0.2, 0.25) is 0 Å². The van der Waals surface area contributed by atoms with Crippen LogP contribution in [0.1, 0.15) is 23.7 Å². The van der Waals surface area contributed by atoms with Gasteiger partial charge in [0.1, 0.15) is 10.7 Å². The summed E-state index contributed by atoms with van der Waals surface area (Å²) in [6.45, 7) is 2.24. The van der Waals surface area contributed by atoms with Crippen LogP contribution in [0.2, 0.25) is 0 Å². The summed E-state index contributed by atoms with van der Waals surface area (Å²) in [4.78, 5) is 40.0. The maximum absolute atomic E-state index is 12.9. The van der Waals surface area contributed by atoms with E-state index in [-0.39, 0.29) is 10.7 Å². The van der Waals surface area contributed by atoms with Crippen LogP contribution in [0.5, 0.6) is 0 Å². The molecular formula is C21H19ClN2O4. The van der Waals surface area contributed by atoms with E-state index in [1.165, 1.54) is 24.3 Å². The number of anilines is 2. The Morgan fingerprint density at radius 2 is 1.68 bits per heavy atom. The number of amides is 2. The molecule has 0 aromatic heterocycles. The van der Waals surface area contributed by atoms with E-state index in [0.29, 0.717) is 17.9 Å². The molecule has 0 N–H and O–H groups in total. The van der Waals surface area contributed by atoms with E-state index in [2.05, 4.69) is 0 Å². The highest BCUT2D eigenvalue weighted by Gasteiger charge is 2.40. The van der Waals surface area contributed by atoms with Crippen LogP contribution in [0.4, 0.5) is 11.4 Å². The van der Waals surface area contributed by atoms with Gasteiger partial charge in [0.05, 0.1) is 17.9 Å². The van der Waals surface area contributed by atoms with Crippen LogP contribution in [-0.2, 0) is 14.3 Å². The van der Waals surface area contributed by atoms with Crippen molar-refractivity contribution >= 4 is 40.8 Å². The van der Waals surface area contributed by atoms with Crippen LogP contribution in [0.3, 0.4) is 0 Å². The van der Waals surface area contributed by atoms with E-state index in [4.69, 9.17) is 16.3 Å². The molecule has 0 unspecified atom stereocenters. The molecule has 28 heavy (non-hydrogen) atoms. The Kier molecular flexibility index (Phi) is 5.80. The van der Waals surface area contributed by atoms with E-state index in [0.717, 1.165) is 17.0 Å². The van der Waals surface area contributed by atoms with Crippen LogP contribution in [0.15, 0.2) is 65.3 Å². The molecule has 7 heteroatoms. The van der Waals surface area contributed by atoms with Crippen molar-refractivity contribution in [3.63, 3.8) is 0 Å². The smallest absolute Gasteiger partial charge is 0.338 e. The average molecular weight is 399 g/mol. The Labute approximate surface area is 167 Å². The molecule has 0 fully saturated rings. The van der Waals surface area contributed by atoms with Crippen molar-refractivity contribution in [1.82, 2.24) is 0 Å². The summed E-state index contributed by atoms with van der Waals surface area (Å²) in [6.07, 6.45) is 0.725. The molecule has 0 saturated carbocycles. The monoisotopic (exact) mass is 398 g/mol. The van der Waals surface area contributed by atoms with Gasteiger partial charge in [0, 0.05) is 12.7 Å². The van der Waals surface area contributed by atoms with Crippen molar-refractivity contribution in [2.45, 2.75) is 13.3 Å². The first-order valence-electron chi connectivity index (χ1n) is 8.80. The molecule has 0 radical (unpaired) electrons. The van der Waals surface area contributed by atoms with E-state index in [1.807, 2.05) is 37.3 Å². The molecule has 3 rings (SSSR count). The number of hydrogen-bond acceptors (Lipinski definition) is 5. The molecule has 2 aromatic carbocycles. The number of likely N-dealkylation sites (N-methyl/N-ethyl adjacent to an activating group) is 1. The van der Waals surface area contributed by atoms with Crippen molar-refractivity contribution in [2.24, 2.45) is 0 Å². The number of halogens is 1. The van der Waals surface area contributed by atoms with Gasteiger partial charge < -0.3 is 9.64 Å². The Morgan fingerprint density at radius 3 is 2.29 bits per heavy atom. The zero-order valence-corrected chi connectivity index (χ0v) is 16.3. The zero-order valence-electron chi connectivity index (χ0n) is 15.5. The van der Waals surface area contributed by atoms with Gasteiger partial charge in [-0.1, -0.05) is 36.7 Å². The van der Waals surface area contributed by atoms with Crippen molar-refractivity contribution in [2.75, 3.05) is 23.5 Å². The van der Waals surface area contributed by atoms with Gasteiger partial charge in [-0.15, -0.1) is 0 Å². The predicted octanol–water partition coefficient (Wildman–Crippen LogP) is 3.71. The summed E-state index contributed by atoms with van der Waals surface area (Å²) in [5.74, 6) is -1.58. The second-order valence-corrected chi connectivity index (χ2v) is 6.56. The Hall–Kier alpha value is -3.12. The highest BCUT2D eigenvalue weighted by Crippen LogP contribution is 2.32. The van der Waals surface area contributed by atoms with Crippen LogP contribution >= 0.6 is 11.6 Å². The number of benzene rings is 2. The molecule has 1 aliphatic rings. The van der Waals surface area contributed by atoms with Gasteiger partial charge in [-0.3, -0.25) is 9.59 Å². The average Bonchev–Trinajstić information content (AvgIpc) is 2.95. The zero-order chi connectivity index (χ0) is 20.3. The van der Waals surface area contributed by atoms with Gasteiger partial charge >= 0.3 is 5.97 Å². The van der Waals surface area contributed by atoms with E-state index in [9.17, 15) is 14.4 Å². The number of nitrogens with zero attached hydrogens (tertiary/aromatic N) is 2. The molecule has 0 bridgehead atoms. The van der Waals surface area contributed by atoms with Crippen LogP contribution in [0.25, 0.3) is 0 Å². The van der Waals surface area contributed by atoms with Gasteiger partial charge in [0.25, 0.3) is 11.8 Å². The molecule has 1 heterocycles. The molecule has 6 nitrogen and oxygen atoms in total. The molecule has 144 valence electrons. The third-order valence-corrected chi connectivity index (χ3v) is 4.62. The summed E-state index contributed by atoms with van der Waals surface area (Å²) < 4.78 is 5.08. The SMILES string of the molecule is CCCOC(=O)c1ccc(N2C(=O)C(Cl)=C(N(C)c3ccccc3)C2=O)cc1. The maximum Gasteiger partial charge on any atom is 0.338 e. The number of rotatable bonds is 6.